The van der Waals surface area contributed by atoms with Gasteiger partial charge in [0.2, 0.25) is 5.82 Å². The Bertz CT molecular complexity index is 2590. The van der Waals surface area contributed by atoms with Crippen LogP contribution in [0.4, 0.5) is 19.0 Å². The van der Waals surface area contributed by atoms with Crippen LogP contribution >= 0.6 is 11.3 Å². The summed E-state index contributed by atoms with van der Waals surface area (Å²) in [4.78, 5) is 31.8. The molecule has 1 aliphatic heterocycles. The van der Waals surface area contributed by atoms with Crippen molar-refractivity contribution in [1.29, 1.82) is 0 Å². The highest BCUT2D eigenvalue weighted by atomic mass is 32.1. The summed E-state index contributed by atoms with van der Waals surface area (Å²) in [5, 5.41) is 2.90. The molecule has 1 aliphatic carbocycles. The molecule has 1 fully saturated rings. The lowest BCUT2D eigenvalue weighted by Crippen LogP contribution is -2.28. The van der Waals surface area contributed by atoms with Gasteiger partial charge in [0, 0.05) is 11.9 Å². The fourth-order valence-electron chi connectivity index (χ4n) is 6.99. The van der Waals surface area contributed by atoms with E-state index in [4.69, 9.17) is 29.9 Å². The highest BCUT2D eigenvalue weighted by molar-refractivity contribution is 7.13. The number of nitrogens with zero attached hydrogens (tertiary/aromatic N) is 5. The predicted molar refractivity (Wildman–Crippen MR) is 198 cm³/mol. The zero-order valence-corrected chi connectivity index (χ0v) is 29.7. The third kappa shape index (κ3) is 6.45. The van der Waals surface area contributed by atoms with Gasteiger partial charge >= 0.3 is 0 Å². The average Bonchev–Trinajstić information content (AvgIpc) is 4.03. The molecule has 1 amide bonds. The number of pyridine rings is 2. The number of thiazole rings is 1. The first-order valence-corrected chi connectivity index (χ1v) is 18.2. The average molecular weight is 762 g/mol. The monoisotopic (exact) mass is 761 g/mol. The van der Waals surface area contributed by atoms with Crippen LogP contribution in [0.2, 0.25) is 0 Å². The number of hydrogen-bond acceptors (Lipinski definition) is 10. The normalized spacial score (nSPS) is 15.4. The third-order valence-corrected chi connectivity index (χ3v) is 10.4. The molecule has 1 saturated heterocycles. The van der Waals surface area contributed by atoms with Gasteiger partial charge in [0.05, 0.1) is 42.1 Å². The number of rotatable bonds is 9. The van der Waals surface area contributed by atoms with Crippen LogP contribution in [0.1, 0.15) is 51.4 Å². The number of benzene rings is 3. The van der Waals surface area contributed by atoms with Crippen LogP contribution in [-0.4, -0.2) is 43.6 Å². The summed E-state index contributed by atoms with van der Waals surface area (Å²) >= 11 is 0.889. The quantitative estimate of drug-likeness (QED) is 0.152. The molecule has 3 N–H and O–H groups in total. The number of aryl methyl sites for hydroxylation is 1. The van der Waals surface area contributed by atoms with Crippen molar-refractivity contribution in [2.24, 2.45) is 0 Å². The first-order chi connectivity index (χ1) is 26.8. The number of imidazole rings is 1. The minimum atomic E-state index is -1.34. The maximum atomic E-state index is 15.7. The lowest BCUT2D eigenvalue weighted by molar-refractivity contribution is -0.0463. The number of aromatic nitrogens is 5. The van der Waals surface area contributed by atoms with Crippen LogP contribution in [-0.2, 0) is 22.5 Å². The number of ether oxygens (including phenoxy) is 3. The van der Waals surface area contributed by atoms with E-state index < -0.39 is 40.6 Å². The molecule has 7 aromatic rings. The Balaban J connectivity index is 1.04. The summed E-state index contributed by atoms with van der Waals surface area (Å²) in [7, 11) is 0. The van der Waals surface area contributed by atoms with E-state index in [0.29, 0.717) is 51.8 Å². The molecule has 15 heteroatoms. The number of anilines is 1. The molecule has 0 spiro atoms. The van der Waals surface area contributed by atoms with E-state index in [2.05, 4.69) is 15.3 Å². The van der Waals surface area contributed by atoms with Crippen molar-refractivity contribution in [1.82, 2.24) is 29.8 Å². The van der Waals surface area contributed by atoms with Crippen molar-refractivity contribution in [3.05, 3.63) is 136 Å². The Labute approximate surface area is 315 Å². The number of carbonyl (C=O) groups is 1. The topological polar surface area (TPSA) is 139 Å². The van der Waals surface area contributed by atoms with Gasteiger partial charge in [-0.25, -0.2) is 24.3 Å². The van der Waals surface area contributed by atoms with Crippen molar-refractivity contribution in [3.8, 4) is 33.5 Å². The molecule has 2 aliphatic rings. The van der Waals surface area contributed by atoms with Crippen molar-refractivity contribution in [2.45, 2.75) is 31.8 Å². The van der Waals surface area contributed by atoms with Crippen LogP contribution in [0.3, 0.4) is 0 Å². The molecule has 4 aromatic heterocycles. The van der Waals surface area contributed by atoms with Gasteiger partial charge in [0.25, 0.3) is 5.91 Å². The molecule has 0 bridgehead atoms. The standard InChI is InChI=1S/C40H30F3N7O4S/c41-31-19-46-39(55-31)30-13-12-29-37(48-30)50(36(47-29)25-7-4-14-45-35(25)44)23-9-10-24-22(17-23)8-11-28(24)49-38(51)26-18-27(40-52-15-16-53-40)34(33(43)32(26)42)54-20-21-5-2-1-3-6-21/h1-7,9-10,12-14,17-19,28,40H,8,11,15-16,20H2,(H2,44,45)(H,49,51)/t28-/m0/s1. The minimum Gasteiger partial charge on any atom is -0.485 e. The number of fused-ring (bicyclic) bond motifs is 2. The van der Waals surface area contributed by atoms with E-state index in [1.54, 1.807) is 36.5 Å². The van der Waals surface area contributed by atoms with Crippen LogP contribution < -0.4 is 15.8 Å². The maximum absolute atomic E-state index is 15.7. The lowest BCUT2D eigenvalue weighted by atomic mass is 10.0. The molecule has 5 heterocycles. The first-order valence-electron chi connectivity index (χ1n) is 17.4. The van der Waals surface area contributed by atoms with Crippen molar-refractivity contribution >= 4 is 34.2 Å². The lowest BCUT2D eigenvalue weighted by Gasteiger charge is -2.20. The smallest absolute Gasteiger partial charge is 0.254 e. The van der Waals surface area contributed by atoms with Gasteiger partial charge in [-0.2, -0.15) is 8.78 Å². The molecule has 3 aromatic carbocycles. The van der Waals surface area contributed by atoms with Gasteiger partial charge in [-0.3, -0.25) is 9.36 Å². The number of nitrogens with one attached hydrogen (secondary N) is 1. The van der Waals surface area contributed by atoms with E-state index in [9.17, 15) is 9.18 Å². The number of nitrogen functional groups attached to an aromatic ring is 1. The van der Waals surface area contributed by atoms with E-state index in [1.807, 2.05) is 47.0 Å². The summed E-state index contributed by atoms with van der Waals surface area (Å²) in [5.74, 6) is -3.03. The molecule has 55 heavy (non-hydrogen) atoms. The van der Waals surface area contributed by atoms with Crippen LogP contribution in [0.5, 0.6) is 5.75 Å². The number of amides is 1. The third-order valence-electron chi connectivity index (χ3n) is 9.59. The maximum Gasteiger partial charge on any atom is 0.254 e. The Morgan fingerprint density at radius 1 is 0.945 bits per heavy atom. The van der Waals surface area contributed by atoms with E-state index >= 15 is 8.78 Å². The fourth-order valence-corrected chi connectivity index (χ4v) is 7.61. The summed E-state index contributed by atoms with van der Waals surface area (Å²) in [6.45, 7) is 0.469. The molecule has 11 nitrogen and oxygen atoms in total. The highest BCUT2D eigenvalue weighted by Crippen LogP contribution is 2.39. The van der Waals surface area contributed by atoms with E-state index in [1.165, 1.54) is 6.07 Å². The summed E-state index contributed by atoms with van der Waals surface area (Å²) < 4.78 is 64.2. The van der Waals surface area contributed by atoms with Crippen molar-refractivity contribution in [2.75, 3.05) is 18.9 Å². The van der Waals surface area contributed by atoms with E-state index in [0.717, 1.165) is 34.2 Å². The van der Waals surface area contributed by atoms with Gasteiger partial charge in [-0.05, 0) is 72.0 Å². The highest BCUT2D eigenvalue weighted by Gasteiger charge is 2.33. The summed E-state index contributed by atoms with van der Waals surface area (Å²) in [5.41, 5.74) is 11.3. The predicted octanol–water partition coefficient (Wildman–Crippen LogP) is 7.65. The van der Waals surface area contributed by atoms with Crippen LogP contribution in [0.15, 0.2) is 91.3 Å². The Morgan fingerprint density at radius 3 is 2.56 bits per heavy atom. The number of carbonyl (C=O) groups excluding carboxylic acids is 1. The number of hydrogen-bond donors (Lipinski definition) is 2. The molecule has 9 rings (SSSR count). The molecule has 0 saturated carbocycles. The molecular formula is C40H30F3N7O4S. The largest absolute Gasteiger partial charge is 0.485 e. The minimum absolute atomic E-state index is 0.0294. The second-order valence-electron chi connectivity index (χ2n) is 13.0. The van der Waals surface area contributed by atoms with Crippen LogP contribution in [0, 0.1) is 16.8 Å². The number of halogens is 3. The Kier molecular flexibility index (Phi) is 8.96. The Morgan fingerprint density at radius 2 is 1.78 bits per heavy atom. The molecule has 0 radical (unpaired) electrons. The molecular weight excluding hydrogens is 732 g/mol. The number of nitrogens with two attached hydrogens (primary N) is 1. The van der Waals surface area contributed by atoms with Crippen molar-refractivity contribution in [3.63, 3.8) is 0 Å². The zero-order valence-electron chi connectivity index (χ0n) is 28.8. The van der Waals surface area contributed by atoms with Gasteiger partial charge in [-0.1, -0.05) is 47.7 Å². The molecule has 276 valence electrons. The van der Waals surface area contributed by atoms with Gasteiger partial charge in [-0.15, -0.1) is 0 Å². The second kappa shape index (κ2) is 14.2. The second-order valence-corrected chi connectivity index (χ2v) is 14.0. The van der Waals surface area contributed by atoms with Gasteiger partial charge < -0.3 is 25.3 Å². The SMILES string of the molecule is Nc1ncccc1-c1nc2ccc(-c3ncc(F)s3)nc2n1-c1ccc2c(c1)CC[C@@H]2NC(=O)c1cc(C2OCCO2)c(OCc2ccccc2)c(F)c1F. The van der Waals surface area contributed by atoms with E-state index in [-0.39, 0.29) is 37.0 Å². The van der Waals surface area contributed by atoms with Gasteiger partial charge in [0.15, 0.2) is 34.5 Å². The molecule has 1 atom stereocenters. The van der Waals surface area contributed by atoms with Gasteiger partial charge in [0.1, 0.15) is 28.6 Å². The first kappa shape index (κ1) is 34.6. The summed E-state index contributed by atoms with van der Waals surface area (Å²) in [6.07, 6.45) is 2.81. The summed E-state index contributed by atoms with van der Waals surface area (Å²) in [6, 6.07) is 22.6. The zero-order chi connectivity index (χ0) is 37.6. The molecule has 0 unspecified atom stereocenters. The van der Waals surface area contributed by atoms with Crippen molar-refractivity contribution < 1.29 is 32.2 Å². The van der Waals surface area contributed by atoms with Crippen LogP contribution in [0.25, 0.3) is 38.9 Å². The fraction of sp³-hybridized carbons (Fsp3) is 0.175. The Hall–Kier alpha value is -6.16.